The summed E-state index contributed by atoms with van der Waals surface area (Å²) in [7, 11) is 0. The van der Waals surface area contributed by atoms with E-state index in [0.717, 1.165) is 24.1 Å². The monoisotopic (exact) mass is 220 g/mol. The summed E-state index contributed by atoms with van der Waals surface area (Å²) in [6.45, 7) is 6.31. The lowest BCUT2D eigenvalue weighted by molar-refractivity contribution is 0.100. The Hall–Kier alpha value is -1.51. The molecule has 1 rings (SSSR count). The van der Waals surface area contributed by atoms with Gasteiger partial charge in [-0.3, -0.25) is 4.79 Å². The van der Waals surface area contributed by atoms with Crippen LogP contribution in [0.15, 0.2) is 18.2 Å². The van der Waals surface area contributed by atoms with Gasteiger partial charge in [-0.05, 0) is 44.0 Å². The summed E-state index contributed by atoms with van der Waals surface area (Å²) in [5.74, 6) is -0.378. The minimum atomic E-state index is -0.378. The molecule has 0 bridgehead atoms. The molecule has 1 aromatic carbocycles. The van der Waals surface area contributed by atoms with Crippen LogP contribution in [0.4, 0.5) is 5.69 Å². The summed E-state index contributed by atoms with van der Waals surface area (Å²) in [5.41, 5.74) is 7.91. The zero-order valence-electron chi connectivity index (χ0n) is 10.2. The van der Waals surface area contributed by atoms with E-state index in [2.05, 4.69) is 19.2 Å². The first-order valence-electron chi connectivity index (χ1n) is 5.71. The summed E-state index contributed by atoms with van der Waals surface area (Å²) < 4.78 is 0. The van der Waals surface area contributed by atoms with E-state index in [1.807, 2.05) is 19.1 Å². The number of benzene rings is 1. The lowest BCUT2D eigenvalue weighted by Crippen LogP contribution is -2.16. The van der Waals surface area contributed by atoms with E-state index in [1.54, 1.807) is 6.07 Å². The second-order valence-corrected chi connectivity index (χ2v) is 4.23. The molecule has 0 radical (unpaired) electrons. The van der Waals surface area contributed by atoms with Gasteiger partial charge in [0.15, 0.2) is 0 Å². The average molecular weight is 220 g/mol. The molecule has 3 nitrogen and oxygen atoms in total. The lowest BCUT2D eigenvalue weighted by Gasteiger charge is -2.16. The number of amides is 1. The Bertz CT molecular complexity index is 374. The Labute approximate surface area is 97.0 Å². The van der Waals surface area contributed by atoms with E-state index in [4.69, 9.17) is 5.73 Å². The first-order valence-corrected chi connectivity index (χ1v) is 5.71. The number of anilines is 1. The van der Waals surface area contributed by atoms with E-state index < -0.39 is 0 Å². The number of aryl methyl sites for hydroxylation is 1. The first kappa shape index (κ1) is 12.6. The van der Waals surface area contributed by atoms with Crippen molar-refractivity contribution >= 4 is 11.6 Å². The van der Waals surface area contributed by atoms with Crippen LogP contribution in [0.5, 0.6) is 0 Å². The average Bonchev–Trinajstić information content (AvgIpc) is 2.21. The number of primary amides is 1. The Morgan fingerprint density at radius 3 is 2.69 bits per heavy atom. The second kappa shape index (κ2) is 5.54. The van der Waals surface area contributed by atoms with Crippen LogP contribution in [-0.4, -0.2) is 11.9 Å². The van der Waals surface area contributed by atoms with Gasteiger partial charge in [-0.15, -0.1) is 0 Å². The summed E-state index contributed by atoms with van der Waals surface area (Å²) in [6.07, 6.45) is 2.30. The van der Waals surface area contributed by atoms with Crippen molar-refractivity contribution in [1.29, 1.82) is 0 Å². The molecular formula is C13H20N2O. The molecule has 0 aromatic heterocycles. The fourth-order valence-corrected chi connectivity index (χ4v) is 1.75. The summed E-state index contributed by atoms with van der Waals surface area (Å²) in [5, 5.41) is 3.43. The minimum Gasteiger partial charge on any atom is -0.382 e. The van der Waals surface area contributed by atoms with Gasteiger partial charge in [-0.1, -0.05) is 13.3 Å². The van der Waals surface area contributed by atoms with Crippen LogP contribution in [0.25, 0.3) is 0 Å². The Kier molecular flexibility index (Phi) is 4.35. The highest BCUT2D eigenvalue weighted by molar-refractivity contribution is 5.93. The second-order valence-electron chi connectivity index (χ2n) is 4.23. The predicted molar refractivity (Wildman–Crippen MR) is 67.7 cm³/mol. The molecule has 0 saturated heterocycles. The number of hydrogen-bond donors (Lipinski definition) is 2. The van der Waals surface area contributed by atoms with Gasteiger partial charge in [-0.2, -0.15) is 0 Å². The maximum absolute atomic E-state index is 11.0. The normalized spacial score (nSPS) is 12.2. The third kappa shape index (κ3) is 3.26. The Morgan fingerprint density at radius 1 is 1.50 bits per heavy atom. The molecular weight excluding hydrogens is 200 g/mol. The van der Waals surface area contributed by atoms with Crippen LogP contribution >= 0.6 is 0 Å². The van der Waals surface area contributed by atoms with Gasteiger partial charge in [0.2, 0.25) is 5.91 Å². The van der Waals surface area contributed by atoms with Gasteiger partial charge < -0.3 is 11.1 Å². The van der Waals surface area contributed by atoms with E-state index in [-0.39, 0.29) is 5.91 Å². The largest absolute Gasteiger partial charge is 0.382 e. The molecule has 0 fully saturated rings. The van der Waals surface area contributed by atoms with Gasteiger partial charge in [0.25, 0.3) is 0 Å². The molecule has 88 valence electrons. The smallest absolute Gasteiger partial charge is 0.248 e. The van der Waals surface area contributed by atoms with Gasteiger partial charge in [0, 0.05) is 17.3 Å². The van der Waals surface area contributed by atoms with E-state index in [1.165, 1.54) is 0 Å². The number of hydrogen-bond acceptors (Lipinski definition) is 2. The van der Waals surface area contributed by atoms with Crippen LogP contribution < -0.4 is 11.1 Å². The topological polar surface area (TPSA) is 55.1 Å². The summed E-state index contributed by atoms with van der Waals surface area (Å²) in [6, 6.07) is 5.95. The van der Waals surface area contributed by atoms with Gasteiger partial charge in [0.05, 0.1) is 0 Å². The highest BCUT2D eigenvalue weighted by Crippen LogP contribution is 2.18. The predicted octanol–water partition coefficient (Wildman–Crippen LogP) is 2.69. The highest BCUT2D eigenvalue weighted by atomic mass is 16.1. The van der Waals surface area contributed by atoms with Crippen molar-refractivity contribution in [1.82, 2.24) is 0 Å². The molecule has 1 unspecified atom stereocenters. The number of rotatable bonds is 5. The third-order valence-corrected chi connectivity index (χ3v) is 2.63. The third-order valence-electron chi connectivity index (χ3n) is 2.63. The molecule has 1 atom stereocenters. The van der Waals surface area contributed by atoms with Crippen molar-refractivity contribution in [3.63, 3.8) is 0 Å². The number of nitrogens with two attached hydrogens (primary N) is 1. The van der Waals surface area contributed by atoms with Crippen LogP contribution in [0.1, 0.15) is 42.6 Å². The Morgan fingerprint density at radius 2 is 2.19 bits per heavy atom. The summed E-state index contributed by atoms with van der Waals surface area (Å²) in [4.78, 5) is 11.0. The molecule has 0 aliphatic heterocycles. The number of nitrogens with one attached hydrogen (secondary N) is 1. The van der Waals surface area contributed by atoms with E-state index in [0.29, 0.717) is 11.6 Å². The van der Waals surface area contributed by atoms with Crippen molar-refractivity contribution in [2.45, 2.75) is 39.7 Å². The Balaban J connectivity index is 2.79. The molecule has 3 heteroatoms. The molecule has 0 aliphatic carbocycles. The van der Waals surface area contributed by atoms with Crippen LogP contribution in [0, 0.1) is 6.92 Å². The van der Waals surface area contributed by atoms with Gasteiger partial charge in [-0.25, -0.2) is 0 Å². The first-order chi connectivity index (χ1) is 7.54. The van der Waals surface area contributed by atoms with E-state index >= 15 is 0 Å². The number of carbonyl (C=O) groups is 1. The zero-order chi connectivity index (χ0) is 12.1. The standard InChI is InChI=1S/C13H20N2O/c1-4-5-10(3)15-12-7-6-11(13(14)16)8-9(12)2/h6-8,10,15H,4-5H2,1-3H3,(H2,14,16). The van der Waals surface area contributed by atoms with Crippen molar-refractivity contribution in [2.75, 3.05) is 5.32 Å². The quantitative estimate of drug-likeness (QED) is 0.801. The zero-order valence-corrected chi connectivity index (χ0v) is 10.2. The highest BCUT2D eigenvalue weighted by Gasteiger charge is 2.06. The molecule has 3 N–H and O–H groups in total. The van der Waals surface area contributed by atoms with Crippen molar-refractivity contribution < 1.29 is 4.79 Å². The SMILES string of the molecule is CCCC(C)Nc1ccc(C(N)=O)cc1C. The maximum atomic E-state index is 11.0. The van der Waals surface area contributed by atoms with Gasteiger partial charge >= 0.3 is 0 Å². The fourth-order valence-electron chi connectivity index (χ4n) is 1.75. The summed E-state index contributed by atoms with van der Waals surface area (Å²) >= 11 is 0. The molecule has 1 aromatic rings. The maximum Gasteiger partial charge on any atom is 0.248 e. The molecule has 0 spiro atoms. The molecule has 0 heterocycles. The molecule has 0 aliphatic rings. The van der Waals surface area contributed by atoms with Crippen molar-refractivity contribution in [3.05, 3.63) is 29.3 Å². The van der Waals surface area contributed by atoms with E-state index in [9.17, 15) is 4.79 Å². The number of carbonyl (C=O) groups excluding carboxylic acids is 1. The van der Waals surface area contributed by atoms with Crippen LogP contribution in [0.2, 0.25) is 0 Å². The fraction of sp³-hybridized carbons (Fsp3) is 0.462. The van der Waals surface area contributed by atoms with Crippen molar-refractivity contribution in [2.24, 2.45) is 5.73 Å². The van der Waals surface area contributed by atoms with Crippen LogP contribution in [0.3, 0.4) is 0 Å². The van der Waals surface area contributed by atoms with Gasteiger partial charge in [0.1, 0.15) is 0 Å². The van der Waals surface area contributed by atoms with Crippen molar-refractivity contribution in [3.8, 4) is 0 Å². The molecule has 1 amide bonds. The molecule has 16 heavy (non-hydrogen) atoms. The molecule has 0 saturated carbocycles. The minimum absolute atomic E-state index is 0.378. The van der Waals surface area contributed by atoms with Crippen LogP contribution in [-0.2, 0) is 0 Å². The lowest BCUT2D eigenvalue weighted by atomic mass is 10.1.